The summed E-state index contributed by atoms with van der Waals surface area (Å²) in [6.45, 7) is 0. The number of hydrogen-bond donors (Lipinski definition) is 1. The van der Waals surface area contributed by atoms with E-state index in [0.717, 1.165) is 11.4 Å². The Kier molecular flexibility index (Phi) is 3.37. The molecule has 0 unspecified atom stereocenters. The molecule has 0 spiro atoms. The minimum atomic E-state index is 0.567. The van der Waals surface area contributed by atoms with Gasteiger partial charge in [-0.3, -0.25) is 0 Å². The van der Waals surface area contributed by atoms with Crippen molar-refractivity contribution in [2.24, 2.45) is 9.98 Å². The summed E-state index contributed by atoms with van der Waals surface area (Å²) >= 11 is 0. The van der Waals surface area contributed by atoms with Gasteiger partial charge in [-0.25, -0.2) is 20.0 Å². The number of aliphatic imine (C=N–C) groups is 2. The number of para-hydroxylation sites is 2. The molecule has 0 saturated heterocycles. The first-order chi connectivity index (χ1) is 11.4. The van der Waals surface area contributed by atoms with Gasteiger partial charge in [-0.05, 0) is 24.3 Å². The third-order valence-electron chi connectivity index (χ3n) is 3.38. The maximum atomic E-state index is 4.58. The van der Waals surface area contributed by atoms with Crippen LogP contribution >= 0.6 is 0 Å². The molecule has 0 radical (unpaired) electrons. The highest BCUT2D eigenvalue weighted by Gasteiger charge is 2.24. The van der Waals surface area contributed by atoms with E-state index in [1.165, 1.54) is 0 Å². The lowest BCUT2D eigenvalue weighted by Gasteiger charge is -2.04. The van der Waals surface area contributed by atoms with Gasteiger partial charge in [-0.1, -0.05) is 36.4 Å². The van der Waals surface area contributed by atoms with Crippen LogP contribution < -0.4 is 5.32 Å². The molecular weight excluding hydrogens is 286 g/mol. The van der Waals surface area contributed by atoms with Crippen LogP contribution in [0.1, 0.15) is 11.4 Å². The van der Waals surface area contributed by atoms with Crippen LogP contribution in [0.2, 0.25) is 0 Å². The summed E-state index contributed by atoms with van der Waals surface area (Å²) in [4.78, 5) is 17.9. The number of amidine groups is 2. The van der Waals surface area contributed by atoms with Crippen LogP contribution in [-0.4, -0.2) is 21.6 Å². The molecule has 0 aliphatic carbocycles. The van der Waals surface area contributed by atoms with Crippen molar-refractivity contribution in [1.29, 1.82) is 0 Å². The van der Waals surface area contributed by atoms with Crippen molar-refractivity contribution in [3.63, 3.8) is 0 Å². The predicted octanol–water partition coefficient (Wildman–Crippen LogP) is 3.43. The fraction of sp³-hybridized carbons (Fsp3) is 0. The topological polar surface area (TPSA) is 62.5 Å². The summed E-state index contributed by atoms with van der Waals surface area (Å²) in [6.07, 6.45) is 3.31. The number of rotatable bonds is 2. The Morgan fingerprint density at radius 2 is 1.39 bits per heavy atom. The van der Waals surface area contributed by atoms with Crippen molar-refractivity contribution in [2.45, 2.75) is 0 Å². The lowest BCUT2D eigenvalue weighted by atomic mass is 10.2. The number of nitrogens with zero attached hydrogens (tertiary/aromatic N) is 4. The Bertz CT molecular complexity index is 886. The van der Waals surface area contributed by atoms with E-state index in [-0.39, 0.29) is 0 Å². The van der Waals surface area contributed by atoms with Gasteiger partial charge in [-0.2, -0.15) is 0 Å². The first kappa shape index (κ1) is 13.3. The molecular formula is C18H13N5. The molecule has 0 fully saturated rings. The zero-order valence-corrected chi connectivity index (χ0v) is 12.2. The van der Waals surface area contributed by atoms with E-state index < -0.39 is 0 Å². The van der Waals surface area contributed by atoms with Crippen LogP contribution in [0.5, 0.6) is 0 Å². The average molecular weight is 299 g/mol. The predicted molar refractivity (Wildman–Crippen MR) is 91.3 cm³/mol. The van der Waals surface area contributed by atoms with Crippen molar-refractivity contribution < 1.29 is 0 Å². The minimum Gasteiger partial charge on any atom is -0.338 e. The third-order valence-corrected chi connectivity index (χ3v) is 3.38. The van der Waals surface area contributed by atoms with E-state index in [9.17, 15) is 0 Å². The summed E-state index contributed by atoms with van der Waals surface area (Å²) in [7, 11) is 0. The summed E-state index contributed by atoms with van der Waals surface area (Å²) < 4.78 is 0. The second-order valence-electron chi connectivity index (χ2n) is 4.98. The molecule has 2 aromatic carbocycles. The zero-order chi connectivity index (χ0) is 15.5. The highest BCUT2D eigenvalue weighted by Crippen LogP contribution is 2.20. The van der Waals surface area contributed by atoms with Crippen LogP contribution in [0.3, 0.4) is 0 Å². The highest BCUT2D eigenvalue weighted by atomic mass is 15.1. The maximum Gasteiger partial charge on any atom is 0.183 e. The normalized spacial score (nSPS) is 14.4. The molecule has 1 aliphatic rings. The van der Waals surface area contributed by atoms with Gasteiger partial charge in [0.1, 0.15) is 11.4 Å². The molecule has 1 aliphatic heterocycles. The molecule has 23 heavy (non-hydrogen) atoms. The summed E-state index contributed by atoms with van der Waals surface area (Å²) in [5.41, 5.74) is 3.19. The summed E-state index contributed by atoms with van der Waals surface area (Å²) in [5.74, 6) is 1.23. The van der Waals surface area contributed by atoms with Crippen molar-refractivity contribution in [3.8, 4) is 0 Å². The minimum absolute atomic E-state index is 0.567. The van der Waals surface area contributed by atoms with E-state index in [0.29, 0.717) is 23.1 Å². The lowest BCUT2D eigenvalue weighted by Crippen LogP contribution is -2.13. The molecule has 0 bridgehead atoms. The summed E-state index contributed by atoms with van der Waals surface area (Å²) in [6, 6.07) is 19.6. The molecule has 0 amide bonds. The highest BCUT2D eigenvalue weighted by molar-refractivity contribution is 6.24. The van der Waals surface area contributed by atoms with E-state index in [1.807, 2.05) is 60.7 Å². The van der Waals surface area contributed by atoms with Crippen LogP contribution in [0.25, 0.3) is 0 Å². The molecule has 0 saturated carbocycles. The second kappa shape index (κ2) is 5.81. The summed E-state index contributed by atoms with van der Waals surface area (Å²) in [5, 5.41) is 3.28. The molecule has 2 heterocycles. The molecule has 1 N–H and O–H groups in total. The standard InChI is InChI=1S/C18H13N5/c1-3-7-13(8-4-1)21-17-15-16(20-12-11-19-15)18(23-17)22-14-9-5-2-6-10-14/h1-12H,(H,21,22,23). The lowest BCUT2D eigenvalue weighted by molar-refractivity contribution is 1.16. The largest absolute Gasteiger partial charge is 0.338 e. The van der Waals surface area contributed by atoms with Crippen molar-refractivity contribution in [1.82, 2.24) is 9.97 Å². The first-order valence-electron chi connectivity index (χ1n) is 7.26. The molecule has 5 heteroatoms. The van der Waals surface area contributed by atoms with Crippen LogP contribution in [0.4, 0.5) is 11.4 Å². The van der Waals surface area contributed by atoms with E-state index in [2.05, 4.69) is 25.3 Å². The Hall–Kier alpha value is -3.34. The molecule has 0 atom stereocenters. The van der Waals surface area contributed by atoms with Gasteiger partial charge < -0.3 is 5.32 Å². The molecule has 1 aromatic heterocycles. The second-order valence-corrected chi connectivity index (χ2v) is 4.98. The fourth-order valence-electron chi connectivity index (χ4n) is 2.33. The van der Waals surface area contributed by atoms with Crippen molar-refractivity contribution in [2.75, 3.05) is 5.32 Å². The number of anilines is 1. The fourth-order valence-corrected chi connectivity index (χ4v) is 2.33. The number of nitrogens with one attached hydrogen (secondary N) is 1. The number of fused-ring (bicyclic) bond motifs is 1. The van der Waals surface area contributed by atoms with E-state index in [1.54, 1.807) is 12.4 Å². The number of hydrogen-bond acceptors (Lipinski definition) is 4. The van der Waals surface area contributed by atoms with E-state index in [4.69, 9.17) is 0 Å². The van der Waals surface area contributed by atoms with E-state index >= 15 is 0 Å². The van der Waals surface area contributed by atoms with Gasteiger partial charge in [0.25, 0.3) is 0 Å². The van der Waals surface area contributed by atoms with Crippen molar-refractivity contribution >= 4 is 23.0 Å². The molecule has 4 rings (SSSR count). The van der Waals surface area contributed by atoms with Crippen LogP contribution in [-0.2, 0) is 0 Å². The monoisotopic (exact) mass is 299 g/mol. The SMILES string of the molecule is c1ccc(N=C2N=C(Nc3ccccc3)c3nccnc32)cc1. The molecule has 3 aromatic rings. The Balaban J connectivity index is 1.75. The maximum absolute atomic E-state index is 4.58. The van der Waals surface area contributed by atoms with Gasteiger partial charge in [0, 0.05) is 18.1 Å². The zero-order valence-electron chi connectivity index (χ0n) is 12.2. The quantitative estimate of drug-likeness (QED) is 0.788. The third kappa shape index (κ3) is 2.72. The van der Waals surface area contributed by atoms with Crippen LogP contribution in [0.15, 0.2) is 83.0 Å². The molecule has 110 valence electrons. The Labute approximate surface area is 133 Å². The Morgan fingerprint density at radius 1 is 0.739 bits per heavy atom. The average Bonchev–Trinajstić information content (AvgIpc) is 2.95. The first-order valence-corrected chi connectivity index (χ1v) is 7.26. The number of benzene rings is 2. The van der Waals surface area contributed by atoms with Crippen LogP contribution in [0, 0.1) is 0 Å². The molecule has 5 nitrogen and oxygen atoms in total. The number of aromatic nitrogens is 2. The smallest absolute Gasteiger partial charge is 0.183 e. The van der Waals surface area contributed by atoms with Gasteiger partial charge in [0.05, 0.1) is 5.69 Å². The van der Waals surface area contributed by atoms with Gasteiger partial charge in [0.15, 0.2) is 11.7 Å². The van der Waals surface area contributed by atoms with Gasteiger partial charge >= 0.3 is 0 Å². The van der Waals surface area contributed by atoms with Gasteiger partial charge in [0.2, 0.25) is 0 Å². The van der Waals surface area contributed by atoms with Gasteiger partial charge in [-0.15, -0.1) is 0 Å². The van der Waals surface area contributed by atoms with Crippen molar-refractivity contribution in [3.05, 3.63) is 84.4 Å². The Morgan fingerprint density at radius 3 is 2.13 bits per heavy atom.